The van der Waals surface area contributed by atoms with Gasteiger partial charge in [0, 0.05) is 5.02 Å². The van der Waals surface area contributed by atoms with Crippen LogP contribution in [0.15, 0.2) is 24.3 Å². The maximum absolute atomic E-state index is 11.8. The number of alkyl halides is 1. The van der Waals surface area contributed by atoms with Gasteiger partial charge in [0.15, 0.2) is 0 Å². The fourth-order valence-corrected chi connectivity index (χ4v) is 1.81. The zero-order valence-electron chi connectivity index (χ0n) is 11.4. The summed E-state index contributed by atoms with van der Waals surface area (Å²) in [5, 5.41) is 0.584. The molecule has 0 spiro atoms. The lowest BCUT2D eigenvalue weighted by Gasteiger charge is -2.20. The Balaban J connectivity index is 2.50. The highest BCUT2D eigenvalue weighted by Crippen LogP contribution is 2.24. The third kappa shape index (κ3) is 5.79. The van der Waals surface area contributed by atoms with Gasteiger partial charge >= 0.3 is 6.09 Å². The lowest BCUT2D eigenvalue weighted by molar-refractivity contribution is -0.121. The minimum absolute atomic E-state index is 0.418. The van der Waals surface area contributed by atoms with Crippen LogP contribution in [0.3, 0.4) is 0 Å². The summed E-state index contributed by atoms with van der Waals surface area (Å²) in [7, 11) is 0. The Hall–Kier alpha value is -1.27. The van der Waals surface area contributed by atoms with E-state index in [0.29, 0.717) is 5.02 Å². The third-order valence-corrected chi connectivity index (χ3v) is 3.28. The smallest absolute Gasteiger partial charge is 0.426 e. The lowest BCUT2D eigenvalue weighted by Crippen LogP contribution is -2.45. The van der Waals surface area contributed by atoms with E-state index in [1.54, 1.807) is 45.0 Å². The summed E-state index contributed by atoms with van der Waals surface area (Å²) in [5.74, 6) is -0.418. The van der Waals surface area contributed by atoms with Crippen LogP contribution in [0.1, 0.15) is 31.2 Å². The van der Waals surface area contributed by atoms with Crippen molar-refractivity contribution < 1.29 is 14.3 Å². The van der Waals surface area contributed by atoms with E-state index in [1.165, 1.54) is 0 Å². The maximum Gasteiger partial charge on any atom is 0.426 e. The molecule has 20 heavy (non-hydrogen) atoms. The van der Waals surface area contributed by atoms with Gasteiger partial charge in [-0.3, -0.25) is 10.2 Å². The van der Waals surface area contributed by atoms with Crippen molar-refractivity contribution in [3.05, 3.63) is 34.9 Å². The number of hydrazine groups is 1. The Morgan fingerprint density at radius 1 is 1.20 bits per heavy atom. The second-order valence-corrected chi connectivity index (χ2v) is 6.38. The molecule has 0 aromatic heterocycles. The van der Waals surface area contributed by atoms with Gasteiger partial charge in [-0.05, 0) is 38.5 Å². The first-order chi connectivity index (χ1) is 9.19. The Morgan fingerprint density at radius 3 is 2.25 bits per heavy atom. The summed E-state index contributed by atoms with van der Waals surface area (Å²) in [6.07, 6.45) is -0.721. The monoisotopic (exact) mass is 362 g/mol. The van der Waals surface area contributed by atoms with Crippen molar-refractivity contribution in [2.45, 2.75) is 31.2 Å². The summed E-state index contributed by atoms with van der Waals surface area (Å²) < 4.78 is 4.99. The Morgan fingerprint density at radius 2 is 1.75 bits per heavy atom. The molecule has 0 heterocycles. The van der Waals surface area contributed by atoms with Crippen LogP contribution in [-0.4, -0.2) is 17.6 Å². The van der Waals surface area contributed by atoms with Gasteiger partial charge in [-0.2, -0.15) is 0 Å². The van der Waals surface area contributed by atoms with E-state index in [2.05, 4.69) is 26.8 Å². The number of amides is 2. The van der Waals surface area contributed by atoms with Gasteiger partial charge in [0.25, 0.3) is 5.91 Å². The quantitative estimate of drug-likeness (QED) is 0.625. The number of rotatable bonds is 2. The number of ether oxygens (including phenoxy) is 1. The summed E-state index contributed by atoms with van der Waals surface area (Å²) >= 11 is 9.01. The van der Waals surface area contributed by atoms with Crippen LogP contribution < -0.4 is 10.9 Å². The number of halogens is 2. The van der Waals surface area contributed by atoms with Crippen LogP contribution in [0.4, 0.5) is 4.79 Å². The molecule has 1 atom stereocenters. The standard InChI is InChI=1S/C13H16BrClN2O3/c1-13(2,3)20-12(19)17-16-11(18)10(14)8-4-6-9(15)7-5-8/h4-7,10H,1-3H3,(H,16,18)(H,17,19). The highest BCUT2D eigenvalue weighted by molar-refractivity contribution is 9.09. The van der Waals surface area contributed by atoms with Crippen LogP contribution in [0.25, 0.3) is 0 Å². The van der Waals surface area contributed by atoms with Gasteiger partial charge in [0.1, 0.15) is 10.4 Å². The molecule has 0 saturated carbocycles. The van der Waals surface area contributed by atoms with Crippen LogP contribution in [0.5, 0.6) is 0 Å². The Bertz CT molecular complexity index is 485. The van der Waals surface area contributed by atoms with Crippen molar-refractivity contribution in [3.8, 4) is 0 Å². The molecular formula is C13H16BrClN2O3. The molecule has 0 bridgehead atoms. The Labute approximate surface area is 131 Å². The predicted molar refractivity (Wildman–Crippen MR) is 80.6 cm³/mol. The molecule has 1 unspecified atom stereocenters. The van der Waals surface area contributed by atoms with Crippen molar-refractivity contribution >= 4 is 39.5 Å². The van der Waals surface area contributed by atoms with Crippen LogP contribution in [-0.2, 0) is 9.53 Å². The van der Waals surface area contributed by atoms with Gasteiger partial charge in [-0.25, -0.2) is 10.2 Å². The highest BCUT2D eigenvalue weighted by atomic mass is 79.9. The van der Waals surface area contributed by atoms with E-state index >= 15 is 0 Å². The lowest BCUT2D eigenvalue weighted by atomic mass is 10.1. The van der Waals surface area contributed by atoms with Crippen molar-refractivity contribution in [2.24, 2.45) is 0 Å². The highest BCUT2D eigenvalue weighted by Gasteiger charge is 2.20. The SMILES string of the molecule is CC(C)(C)OC(=O)NNC(=O)C(Br)c1ccc(Cl)cc1. The first kappa shape index (κ1) is 16.8. The molecule has 2 amide bonds. The number of carbonyl (C=O) groups excluding carboxylic acids is 2. The zero-order valence-corrected chi connectivity index (χ0v) is 13.7. The molecule has 0 aliphatic carbocycles. The minimum Gasteiger partial charge on any atom is -0.443 e. The van der Waals surface area contributed by atoms with Gasteiger partial charge in [-0.1, -0.05) is 39.7 Å². The number of carbonyl (C=O) groups is 2. The molecule has 0 radical (unpaired) electrons. The number of hydrogen-bond acceptors (Lipinski definition) is 3. The first-order valence-electron chi connectivity index (χ1n) is 5.87. The second kappa shape index (κ2) is 6.95. The van der Waals surface area contributed by atoms with Gasteiger partial charge in [0.2, 0.25) is 0 Å². The first-order valence-corrected chi connectivity index (χ1v) is 7.17. The number of nitrogens with one attached hydrogen (secondary N) is 2. The van der Waals surface area contributed by atoms with Gasteiger partial charge in [-0.15, -0.1) is 0 Å². The Kier molecular flexibility index (Phi) is 5.83. The molecule has 1 aromatic carbocycles. The molecule has 1 aromatic rings. The van der Waals surface area contributed by atoms with Crippen molar-refractivity contribution in [3.63, 3.8) is 0 Å². The number of benzene rings is 1. The topological polar surface area (TPSA) is 67.4 Å². The van der Waals surface area contributed by atoms with Crippen molar-refractivity contribution in [1.82, 2.24) is 10.9 Å². The molecule has 0 aliphatic rings. The van der Waals surface area contributed by atoms with Crippen molar-refractivity contribution in [2.75, 3.05) is 0 Å². The average molecular weight is 364 g/mol. The van der Waals surface area contributed by atoms with E-state index in [0.717, 1.165) is 5.56 Å². The summed E-state index contributed by atoms with van der Waals surface area (Å²) in [6.45, 7) is 5.19. The normalized spacial score (nSPS) is 12.4. The molecular weight excluding hydrogens is 348 g/mol. The predicted octanol–water partition coefficient (Wildman–Crippen LogP) is 3.33. The van der Waals surface area contributed by atoms with Gasteiger partial charge < -0.3 is 4.74 Å². The van der Waals surface area contributed by atoms with Gasteiger partial charge in [0.05, 0.1) is 0 Å². The van der Waals surface area contributed by atoms with E-state index < -0.39 is 22.4 Å². The van der Waals surface area contributed by atoms with Crippen LogP contribution in [0, 0.1) is 0 Å². The van der Waals surface area contributed by atoms with Crippen LogP contribution in [0.2, 0.25) is 5.02 Å². The average Bonchev–Trinajstić information content (AvgIpc) is 2.34. The molecule has 0 saturated heterocycles. The molecule has 0 aliphatic heterocycles. The zero-order chi connectivity index (χ0) is 15.3. The largest absolute Gasteiger partial charge is 0.443 e. The molecule has 5 nitrogen and oxygen atoms in total. The number of hydrogen-bond donors (Lipinski definition) is 2. The van der Waals surface area contributed by atoms with Crippen LogP contribution >= 0.6 is 27.5 Å². The maximum atomic E-state index is 11.8. The van der Waals surface area contributed by atoms with E-state index in [1.807, 2.05) is 0 Å². The third-order valence-electron chi connectivity index (χ3n) is 2.08. The van der Waals surface area contributed by atoms with Crippen molar-refractivity contribution in [1.29, 1.82) is 0 Å². The molecule has 2 N–H and O–H groups in total. The fraction of sp³-hybridized carbons (Fsp3) is 0.385. The molecule has 110 valence electrons. The summed E-state index contributed by atoms with van der Waals surface area (Å²) in [6, 6.07) is 6.79. The second-order valence-electron chi connectivity index (χ2n) is 5.03. The minimum atomic E-state index is -0.721. The van der Waals surface area contributed by atoms with E-state index in [4.69, 9.17) is 16.3 Å². The van der Waals surface area contributed by atoms with E-state index in [9.17, 15) is 9.59 Å². The molecule has 1 rings (SSSR count). The van der Waals surface area contributed by atoms with E-state index in [-0.39, 0.29) is 0 Å². The fourth-order valence-electron chi connectivity index (χ4n) is 1.26. The molecule has 0 fully saturated rings. The summed E-state index contributed by atoms with van der Waals surface area (Å²) in [4.78, 5) is 22.6. The molecule has 7 heteroatoms. The summed E-state index contributed by atoms with van der Waals surface area (Å²) in [5.41, 5.74) is 4.55.